The minimum Gasteiger partial charge on any atom is -0.387 e. The molecule has 5 nitrogen and oxygen atoms in total. The van der Waals surface area contributed by atoms with E-state index in [0.29, 0.717) is 27.0 Å². The zero-order chi connectivity index (χ0) is 18.7. The van der Waals surface area contributed by atoms with Gasteiger partial charge >= 0.3 is 0 Å². The van der Waals surface area contributed by atoms with Crippen LogP contribution in [0.2, 0.25) is 15.1 Å². The third-order valence-corrected chi connectivity index (χ3v) is 4.60. The van der Waals surface area contributed by atoms with Crippen LogP contribution < -0.4 is 10.9 Å². The fourth-order valence-electron chi connectivity index (χ4n) is 2.33. The molecule has 0 saturated carbocycles. The van der Waals surface area contributed by atoms with Gasteiger partial charge in [0.1, 0.15) is 5.02 Å². The Hall–Kier alpha value is -2.05. The SMILES string of the molecule is O=c1c(Cl)c(NCC(O)c2ccc(Cl)cc2)cnn1-c1ccc(Cl)cc1. The van der Waals surface area contributed by atoms with Gasteiger partial charge in [-0.1, -0.05) is 46.9 Å². The molecule has 26 heavy (non-hydrogen) atoms. The fraction of sp³-hybridized carbons (Fsp3) is 0.111. The van der Waals surface area contributed by atoms with E-state index < -0.39 is 11.7 Å². The minimum atomic E-state index is -0.790. The first-order valence-corrected chi connectivity index (χ1v) is 8.80. The lowest BCUT2D eigenvalue weighted by Crippen LogP contribution is -2.23. The molecule has 1 heterocycles. The highest BCUT2D eigenvalue weighted by molar-refractivity contribution is 6.33. The largest absolute Gasteiger partial charge is 0.387 e. The molecular formula is C18H14Cl3N3O2. The summed E-state index contributed by atoms with van der Waals surface area (Å²) in [7, 11) is 0. The number of nitrogens with one attached hydrogen (secondary N) is 1. The normalized spacial score (nSPS) is 12.0. The number of benzene rings is 2. The predicted octanol–water partition coefficient (Wildman–Crippen LogP) is 4.34. The van der Waals surface area contributed by atoms with E-state index in [4.69, 9.17) is 34.8 Å². The van der Waals surface area contributed by atoms with E-state index in [9.17, 15) is 9.90 Å². The van der Waals surface area contributed by atoms with Crippen molar-refractivity contribution in [3.63, 3.8) is 0 Å². The van der Waals surface area contributed by atoms with E-state index in [1.807, 2.05) is 0 Å². The summed E-state index contributed by atoms with van der Waals surface area (Å²) >= 11 is 17.9. The Bertz CT molecular complexity index is 957. The second-order valence-corrected chi connectivity index (χ2v) is 6.76. The molecule has 8 heteroatoms. The van der Waals surface area contributed by atoms with Crippen molar-refractivity contribution < 1.29 is 5.11 Å². The van der Waals surface area contributed by atoms with Crippen molar-refractivity contribution in [1.82, 2.24) is 9.78 Å². The quantitative estimate of drug-likeness (QED) is 0.657. The number of anilines is 1. The van der Waals surface area contributed by atoms with Gasteiger partial charge in [0.2, 0.25) is 0 Å². The van der Waals surface area contributed by atoms with Crippen molar-refractivity contribution in [3.8, 4) is 5.69 Å². The second-order valence-electron chi connectivity index (χ2n) is 5.51. The van der Waals surface area contributed by atoms with Gasteiger partial charge in [0, 0.05) is 16.6 Å². The van der Waals surface area contributed by atoms with Crippen LogP contribution in [0.4, 0.5) is 5.69 Å². The molecule has 0 amide bonds. The number of rotatable bonds is 5. The van der Waals surface area contributed by atoms with E-state index in [1.165, 1.54) is 10.9 Å². The minimum absolute atomic E-state index is 0.0155. The molecule has 1 atom stereocenters. The lowest BCUT2D eigenvalue weighted by molar-refractivity contribution is 0.191. The maximum absolute atomic E-state index is 12.4. The maximum Gasteiger partial charge on any atom is 0.292 e. The maximum atomic E-state index is 12.4. The first-order valence-electron chi connectivity index (χ1n) is 7.67. The molecule has 1 aromatic heterocycles. The lowest BCUT2D eigenvalue weighted by atomic mass is 10.1. The molecule has 1 unspecified atom stereocenters. The molecule has 3 rings (SSSR count). The fourth-order valence-corrected chi connectivity index (χ4v) is 2.78. The van der Waals surface area contributed by atoms with Gasteiger partial charge in [0.05, 0.1) is 23.7 Å². The summed E-state index contributed by atoms with van der Waals surface area (Å²) < 4.78 is 1.18. The second kappa shape index (κ2) is 8.10. The van der Waals surface area contributed by atoms with Crippen LogP contribution in [0.3, 0.4) is 0 Å². The molecule has 2 aromatic carbocycles. The molecule has 2 N–H and O–H groups in total. The molecule has 0 fully saturated rings. The van der Waals surface area contributed by atoms with Gasteiger partial charge < -0.3 is 10.4 Å². The highest BCUT2D eigenvalue weighted by Crippen LogP contribution is 2.21. The molecule has 0 saturated heterocycles. The molecule has 3 aromatic rings. The Balaban J connectivity index is 1.77. The van der Waals surface area contributed by atoms with Crippen molar-refractivity contribution in [2.24, 2.45) is 0 Å². The van der Waals surface area contributed by atoms with E-state index >= 15 is 0 Å². The summed E-state index contributed by atoms with van der Waals surface area (Å²) in [6.07, 6.45) is 0.648. The van der Waals surface area contributed by atoms with Crippen LogP contribution in [0.15, 0.2) is 59.5 Å². The van der Waals surface area contributed by atoms with E-state index in [0.717, 1.165) is 0 Å². The smallest absolute Gasteiger partial charge is 0.292 e. The Morgan fingerprint density at radius 2 is 1.58 bits per heavy atom. The van der Waals surface area contributed by atoms with E-state index in [-0.39, 0.29) is 11.6 Å². The van der Waals surface area contributed by atoms with Crippen molar-refractivity contribution in [2.75, 3.05) is 11.9 Å². The molecule has 0 radical (unpaired) electrons. The number of hydrogen-bond donors (Lipinski definition) is 2. The highest BCUT2D eigenvalue weighted by atomic mass is 35.5. The molecule has 0 aliphatic rings. The van der Waals surface area contributed by atoms with Crippen molar-refractivity contribution in [3.05, 3.63) is 85.7 Å². The number of aliphatic hydroxyl groups is 1. The van der Waals surface area contributed by atoms with Crippen molar-refractivity contribution >= 4 is 40.5 Å². The Morgan fingerprint density at radius 3 is 2.19 bits per heavy atom. The van der Waals surface area contributed by atoms with Crippen LogP contribution in [0.1, 0.15) is 11.7 Å². The Morgan fingerprint density at radius 1 is 1.00 bits per heavy atom. The summed E-state index contributed by atoms with van der Waals surface area (Å²) in [5.74, 6) is 0. The Kier molecular flexibility index (Phi) is 5.84. The zero-order valence-corrected chi connectivity index (χ0v) is 15.6. The van der Waals surface area contributed by atoms with E-state index in [2.05, 4.69) is 10.4 Å². The summed E-state index contributed by atoms with van der Waals surface area (Å²) in [5, 5.41) is 18.4. The van der Waals surface area contributed by atoms with Crippen LogP contribution in [-0.4, -0.2) is 21.4 Å². The van der Waals surface area contributed by atoms with Gasteiger partial charge in [-0.05, 0) is 42.0 Å². The summed E-state index contributed by atoms with van der Waals surface area (Å²) in [5.41, 5.74) is 1.12. The molecule has 0 bridgehead atoms. The van der Waals surface area contributed by atoms with Crippen LogP contribution in [0.5, 0.6) is 0 Å². The van der Waals surface area contributed by atoms with Crippen LogP contribution in [0.25, 0.3) is 5.69 Å². The van der Waals surface area contributed by atoms with Crippen LogP contribution >= 0.6 is 34.8 Å². The van der Waals surface area contributed by atoms with Gasteiger partial charge in [0.15, 0.2) is 0 Å². The number of nitrogens with zero attached hydrogens (tertiary/aromatic N) is 2. The molecular weight excluding hydrogens is 397 g/mol. The first kappa shape index (κ1) is 18.7. The topological polar surface area (TPSA) is 67.2 Å². The summed E-state index contributed by atoms with van der Waals surface area (Å²) in [6.45, 7) is 0.160. The van der Waals surface area contributed by atoms with E-state index in [1.54, 1.807) is 48.5 Å². The predicted molar refractivity (Wildman–Crippen MR) is 105 cm³/mol. The first-order chi connectivity index (χ1) is 12.5. The number of halogens is 3. The number of hydrogen-bond acceptors (Lipinski definition) is 4. The summed E-state index contributed by atoms with van der Waals surface area (Å²) in [6, 6.07) is 13.5. The third kappa shape index (κ3) is 4.19. The lowest BCUT2D eigenvalue weighted by Gasteiger charge is -2.14. The number of aromatic nitrogens is 2. The molecule has 0 spiro atoms. The Labute approximate surface area is 164 Å². The van der Waals surface area contributed by atoms with Gasteiger partial charge in [-0.2, -0.15) is 9.78 Å². The monoisotopic (exact) mass is 409 g/mol. The average Bonchev–Trinajstić information content (AvgIpc) is 2.64. The van der Waals surface area contributed by atoms with Crippen molar-refractivity contribution in [1.29, 1.82) is 0 Å². The van der Waals surface area contributed by atoms with Crippen molar-refractivity contribution in [2.45, 2.75) is 6.10 Å². The third-order valence-electron chi connectivity index (χ3n) is 3.73. The zero-order valence-electron chi connectivity index (χ0n) is 13.4. The summed E-state index contributed by atoms with van der Waals surface area (Å²) in [4.78, 5) is 12.4. The van der Waals surface area contributed by atoms with Gasteiger partial charge in [-0.15, -0.1) is 0 Å². The molecule has 134 valence electrons. The average molecular weight is 411 g/mol. The van der Waals surface area contributed by atoms with Crippen LogP contribution in [-0.2, 0) is 0 Å². The van der Waals surface area contributed by atoms with Gasteiger partial charge in [0.25, 0.3) is 5.56 Å². The van der Waals surface area contributed by atoms with Crippen LogP contribution in [0, 0.1) is 0 Å². The molecule has 0 aliphatic heterocycles. The molecule has 0 aliphatic carbocycles. The standard InChI is InChI=1S/C18H14Cl3N3O2/c19-12-3-1-11(2-4-12)16(25)10-22-15-9-23-24(18(26)17(15)21)14-7-5-13(20)6-8-14/h1-9,16,22,25H,10H2. The van der Waals surface area contributed by atoms with Gasteiger partial charge in [-0.3, -0.25) is 4.79 Å². The highest BCUT2D eigenvalue weighted by Gasteiger charge is 2.13. The van der Waals surface area contributed by atoms with Gasteiger partial charge in [-0.25, -0.2) is 0 Å². The number of aliphatic hydroxyl groups excluding tert-OH is 1.